The van der Waals surface area contributed by atoms with Crippen LogP contribution in [-0.4, -0.2) is 36.3 Å². The van der Waals surface area contributed by atoms with E-state index >= 15 is 0 Å². The maximum absolute atomic E-state index is 12.4. The molecule has 1 aromatic carbocycles. The molecule has 126 valence electrons. The third-order valence-corrected chi connectivity index (χ3v) is 5.25. The molecule has 2 heterocycles. The SMILES string of the molecule is Cc1ccc(OCC(=O)N2CCC(C(=O)c3cccs3)CC2)cc1. The van der Waals surface area contributed by atoms with Crippen molar-refractivity contribution in [1.82, 2.24) is 4.90 Å². The van der Waals surface area contributed by atoms with E-state index in [0.29, 0.717) is 18.8 Å². The molecule has 0 bridgehead atoms. The van der Waals surface area contributed by atoms with Crippen LogP contribution in [-0.2, 0) is 4.79 Å². The molecule has 1 aliphatic rings. The van der Waals surface area contributed by atoms with Crippen LogP contribution < -0.4 is 4.74 Å². The van der Waals surface area contributed by atoms with E-state index in [-0.39, 0.29) is 24.2 Å². The number of ether oxygens (including phenoxy) is 1. The van der Waals surface area contributed by atoms with E-state index in [9.17, 15) is 9.59 Å². The second-order valence-electron chi connectivity index (χ2n) is 6.10. The summed E-state index contributed by atoms with van der Waals surface area (Å²) in [7, 11) is 0. The Morgan fingerprint density at radius 2 is 1.88 bits per heavy atom. The number of ketones is 1. The molecule has 24 heavy (non-hydrogen) atoms. The molecule has 1 aromatic heterocycles. The van der Waals surface area contributed by atoms with Gasteiger partial charge in [0.05, 0.1) is 4.88 Å². The van der Waals surface area contributed by atoms with E-state index < -0.39 is 0 Å². The lowest BCUT2D eigenvalue weighted by Gasteiger charge is -2.31. The predicted molar refractivity (Wildman–Crippen MR) is 94.6 cm³/mol. The number of thiophene rings is 1. The maximum atomic E-state index is 12.4. The number of amides is 1. The molecule has 0 spiro atoms. The third-order valence-electron chi connectivity index (χ3n) is 4.37. The van der Waals surface area contributed by atoms with Crippen molar-refractivity contribution in [3.8, 4) is 5.75 Å². The number of benzene rings is 1. The van der Waals surface area contributed by atoms with Gasteiger partial charge in [-0.2, -0.15) is 0 Å². The van der Waals surface area contributed by atoms with Gasteiger partial charge in [0.25, 0.3) is 5.91 Å². The summed E-state index contributed by atoms with van der Waals surface area (Å²) in [6.45, 7) is 3.30. The average Bonchev–Trinajstić information content (AvgIpc) is 3.15. The largest absolute Gasteiger partial charge is 0.484 e. The van der Waals surface area contributed by atoms with Crippen LogP contribution in [0.15, 0.2) is 41.8 Å². The number of Topliss-reactive ketones (excluding diaryl/α,β-unsaturated/α-hetero) is 1. The van der Waals surface area contributed by atoms with Crippen molar-refractivity contribution in [2.45, 2.75) is 19.8 Å². The highest BCUT2D eigenvalue weighted by Crippen LogP contribution is 2.24. The van der Waals surface area contributed by atoms with Crippen molar-refractivity contribution in [1.29, 1.82) is 0 Å². The Kier molecular flexibility index (Phi) is 5.30. The molecular formula is C19H21NO3S. The van der Waals surface area contributed by atoms with E-state index in [2.05, 4.69) is 0 Å². The minimum Gasteiger partial charge on any atom is -0.484 e. The number of nitrogens with zero attached hydrogens (tertiary/aromatic N) is 1. The molecule has 1 fully saturated rings. The van der Waals surface area contributed by atoms with Crippen molar-refractivity contribution >= 4 is 23.0 Å². The molecule has 0 aliphatic carbocycles. The zero-order valence-corrected chi connectivity index (χ0v) is 14.6. The molecule has 0 radical (unpaired) electrons. The average molecular weight is 343 g/mol. The van der Waals surface area contributed by atoms with Crippen molar-refractivity contribution in [2.75, 3.05) is 19.7 Å². The number of rotatable bonds is 5. The summed E-state index contributed by atoms with van der Waals surface area (Å²) in [4.78, 5) is 27.2. The summed E-state index contributed by atoms with van der Waals surface area (Å²) in [5, 5.41) is 1.92. The highest BCUT2D eigenvalue weighted by molar-refractivity contribution is 7.12. The van der Waals surface area contributed by atoms with E-state index in [0.717, 1.165) is 23.3 Å². The van der Waals surface area contributed by atoms with Gasteiger partial charge in [-0.15, -0.1) is 11.3 Å². The first-order valence-electron chi connectivity index (χ1n) is 8.18. The first-order valence-corrected chi connectivity index (χ1v) is 9.06. The van der Waals surface area contributed by atoms with Gasteiger partial charge in [0.1, 0.15) is 5.75 Å². The van der Waals surface area contributed by atoms with Crippen LogP contribution in [0, 0.1) is 12.8 Å². The monoisotopic (exact) mass is 343 g/mol. The summed E-state index contributed by atoms with van der Waals surface area (Å²) in [6.07, 6.45) is 1.46. The van der Waals surface area contributed by atoms with Crippen LogP contribution in [0.3, 0.4) is 0 Å². The maximum Gasteiger partial charge on any atom is 0.260 e. The van der Waals surface area contributed by atoms with Crippen molar-refractivity contribution in [2.24, 2.45) is 5.92 Å². The molecule has 0 saturated carbocycles. The number of carbonyl (C=O) groups excluding carboxylic acids is 2. The van der Waals surface area contributed by atoms with Gasteiger partial charge >= 0.3 is 0 Å². The molecule has 3 rings (SSSR count). The van der Waals surface area contributed by atoms with E-state index in [1.165, 1.54) is 11.3 Å². The number of likely N-dealkylation sites (tertiary alicyclic amines) is 1. The van der Waals surface area contributed by atoms with Gasteiger partial charge in [0.2, 0.25) is 0 Å². The van der Waals surface area contributed by atoms with E-state index in [1.54, 1.807) is 4.90 Å². The minimum atomic E-state index is -0.0161. The lowest BCUT2D eigenvalue weighted by Crippen LogP contribution is -2.42. The molecular weight excluding hydrogens is 322 g/mol. The Morgan fingerprint density at radius 3 is 2.50 bits per heavy atom. The van der Waals surface area contributed by atoms with Crippen LogP contribution in [0.1, 0.15) is 28.1 Å². The van der Waals surface area contributed by atoms with Crippen molar-refractivity contribution in [3.63, 3.8) is 0 Å². The summed E-state index contributed by atoms with van der Waals surface area (Å²) >= 11 is 1.49. The zero-order chi connectivity index (χ0) is 16.9. The van der Waals surface area contributed by atoms with Gasteiger partial charge in [-0.25, -0.2) is 0 Å². The Bertz CT molecular complexity index is 686. The van der Waals surface area contributed by atoms with Gasteiger partial charge in [0.15, 0.2) is 12.4 Å². The summed E-state index contributed by atoms with van der Waals surface area (Å²) in [5.41, 5.74) is 1.16. The molecule has 0 unspecified atom stereocenters. The second-order valence-corrected chi connectivity index (χ2v) is 7.05. The number of hydrogen-bond acceptors (Lipinski definition) is 4. The first kappa shape index (κ1) is 16.7. The summed E-state index contributed by atoms with van der Waals surface area (Å²) in [5.74, 6) is 0.938. The molecule has 0 N–H and O–H groups in total. The fourth-order valence-corrected chi connectivity index (χ4v) is 3.63. The van der Waals surface area contributed by atoms with E-state index in [1.807, 2.05) is 48.7 Å². The second kappa shape index (κ2) is 7.62. The number of piperidine rings is 1. The Morgan fingerprint density at radius 1 is 1.17 bits per heavy atom. The van der Waals surface area contributed by atoms with Crippen LogP contribution in [0.25, 0.3) is 0 Å². The summed E-state index contributed by atoms with van der Waals surface area (Å²) < 4.78 is 5.55. The third kappa shape index (κ3) is 4.03. The van der Waals surface area contributed by atoms with E-state index in [4.69, 9.17) is 4.74 Å². The number of hydrogen-bond donors (Lipinski definition) is 0. The quantitative estimate of drug-likeness (QED) is 0.780. The van der Waals surface area contributed by atoms with Crippen LogP contribution in [0.4, 0.5) is 0 Å². The normalized spacial score (nSPS) is 15.3. The van der Waals surface area contributed by atoms with Gasteiger partial charge < -0.3 is 9.64 Å². The fraction of sp³-hybridized carbons (Fsp3) is 0.368. The molecule has 0 atom stereocenters. The minimum absolute atomic E-state index is 0.0161. The fourth-order valence-electron chi connectivity index (χ4n) is 2.88. The lowest BCUT2D eigenvalue weighted by atomic mass is 9.92. The number of aryl methyl sites for hydroxylation is 1. The molecule has 1 amide bonds. The van der Waals surface area contributed by atoms with Crippen LogP contribution >= 0.6 is 11.3 Å². The molecule has 1 aliphatic heterocycles. The Labute approximate surface area is 146 Å². The van der Waals surface area contributed by atoms with Crippen molar-refractivity contribution in [3.05, 3.63) is 52.2 Å². The Balaban J connectivity index is 1.46. The Hall–Kier alpha value is -2.14. The number of carbonyl (C=O) groups is 2. The molecule has 4 nitrogen and oxygen atoms in total. The molecule has 5 heteroatoms. The smallest absolute Gasteiger partial charge is 0.260 e. The highest BCUT2D eigenvalue weighted by Gasteiger charge is 2.28. The van der Waals surface area contributed by atoms with Gasteiger partial charge in [-0.1, -0.05) is 23.8 Å². The van der Waals surface area contributed by atoms with Crippen LogP contribution in [0.2, 0.25) is 0 Å². The van der Waals surface area contributed by atoms with Crippen molar-refractivity contribution < 1.29 is 14.3 Å². The zero-order valence-electron chi connectivity index (χ0n) is 13.7. The molecule has 1 saturated heterocycles. The topological polar surface area (TPSA) is 46.6 Å². The highest BCUT2D eigenvalue weighted by atomic mass is 32.1. The predicted octanol–water partition coefficient (Wildman–Crippen LogP) is 3.56. The lowest BCUT2D eigenvalue weighted by molar-refractivity contribution is -0.134. The first-order chi connectivity index (χ1) is 11.6. The van der Waals surface area contributed by atoms with Gasteiger partial charge in [-0.05, 0) is 43.3 Å². The van der Waals surface area contributed by atoms with Gasteiger partial charge in [0, 0.05) is 19.0 Å². The summed E-state index contributed by atoms with van der Waals surface area (Å²) in [6, 6.07) is 11.4. The molecule has 2 aromatic rings. The van der Waals surface area contributed by atoms with Crippen LogP contribution in [0.5, 0.6) is 5.75 Å². The standard InChI is InChI=1S/C19H21NO3S/c1-14-4-6-16(7-5-14)23-13-18(21)20-10-8-15(9-11-20)19(22)17-3-2-12-24-17/h2-7,12,15H,8-11,13H2,1H3. The van der Waals surface area contributed by atoms with Gasteiger partial charge in [-0.3, -0.25) is 9.59 Å².